The number of carbonyl (C=O) groups is 1. The molecular weight excluding hydrogens is 214 g/mol. The first-order valence-electron chi connectivity index (χ1n) is 6.31. The second-order valence-corrected chi connectivity index (χ2v) is 4.38. The molecule has 2 rings (SSSR count). The van der Waals surface area contributed by atoms with Crippen molar-refractivity contribution in [3.05, 3.63) is 35.9 Å². The molecule has 3 nitrogen and oxygen atoms in total. The molecule has 1 atom stereocenters. The molecule has 0 aliphatic carbocycles. The molecular formula is C14H19NO2. The molecule has 1 aliphatic rings. The van der Waals surface area contributed by atoms with Crippen molar-refractivity contribution in [1.82, 2.24) is 4.90 Å². The van der Waals surface area contributed by atoms with Gasteiger partial charge in [0.05, 0.1) is 12.6 Å². The molecule has 1 aliphatic heterocycles. The van der Waals surface area contributed by atoms with Crippen molar-refractivity contribution in [2.75, 3.05) is 13.2 Å². The van der Waals surface area contributed by atoms with Gasteiger partial charge in [0.15, 0.2) is 0 Å². The van der Waals surface area contributed by atoms with Gasteiger partial charge in [-0.15, -0.1) is 0 Å². The number of cyclic esters (lactones) is 1. The minimum atomic E-state index is -0.168. The number of hydrogen-bond donors (Lipinski definition) is 0. The van der Waals surface area contributed by atoms with Crippen LogP contribution in [0.15, 0.2) is 30.3 Å². The van der Waals surface area contributed by atoms with Gasteiger partial charge in [-0.05, 0) is 12.0 Å². The molecule has 1 heterocycles. The Hall–Kier alpha value is -1.51. The van der Waals surface area contributed by atoms with Crippen LogP contribution >= 0.6 is 0 Å². The average molecular weight is 233 g/mol. The van der Waals surface area contributed by atoms with Crippen molar-refractivity contribution in [3.63, 3.8) is 0 Å². The van der Waals surface area contributed by atoms with Crippen LogP contribution in [0.4, 0.5) is 4.79 Å². The van der Waals surface area contributed by atoms with Crippen LogP contribution in [0.3, 0.4) is 0 Å². The highest BCUT2D eigenvalue weighted by atomic mass is 16.6. The number of carbonyl (C=O) groups excluding carboxylic acids is 1. The molecule has 1 saturated heterocycles. The highest BCUT2D eigenvalue weighted by Crippen LogP contribution is 2.28. The molecule has 17 heavy (non-hydrogen) atoms. The van der Waals surface area contributed by atoms with Gasteiger partial charge < -0.3 is 9.64 Å². The van der Waals surface area contributed by atoms with Gasteiger partial charge in [-0.2, -0.15) is 0 Å². The summed E-state index contributed by atoms with van der Waals surface area (Å²) >= 11 is 0. The topological polar surface area (TPSA) is 29.5 Å². The van der Waals surface area contributed by atoms with E-state index in [0.717, 1.165) is 25.8 Å². The summed E-state index contributed by atoms with van der Waals surface area (Å²) in [6.45, 7) is 3.45. The summed E-state index contributed by atoms with van der Waals surface area (Å²) in [6.07, 6.45) is 2.84. The lowest BCUT2D eigenvalue weighted by atomic mass is 10.0. The summed E-state index contributed by atoms with van der Waals surface area (Å²) in [5.41, 5.74) is 1.21. The van der Waals surface area contributed by atoms with Crippen LogP contribution in [-0.4, -0.2) is 24.1 Å². The standard InChI is InChI=1S/C14H19NO2/c1-2-3-10-15-13(9-11-17-14(15)16)12-7-5-4-6-8-12/h4-8,13H,2-3,9-11H2,1H3. The average Bonchev–Trinajstić information content (AvgIpc) is 2.38. The summed E-state index contributed by atoms with van der Waals surface area (Å²) in [5.74, 6) is 0. The monoisotopic (exact) mass is 233 g/mol. The number of ether oxygens (including phenoxy) is 1. The Morgan fingerprint density at radius 3 is 2.82 bits per heavy atom. The number of nitrogens with zero attached hydrogens (tertiary/aromatic N) is 1. The molecule has 0 bridgehead atoms. The molecule has 1 aromatic carbocycles. The van der Waals surface area contributed by atoms with E-state index in [1.54, 1.807) is 0 Å². The Morgan fingerprint density at radius 2 is 2.12 bits per heavy atom. The number of unbranched alkanes of at least 4 members (excludes halogenated alkanes) is 1. The predicted octanol–water partition coefficient (Wildman–Crippen LogP) is 3.37. The molecule has 0 saturated carbocycles. The maximum Gasteiger partial charge on any atom is 0.410 e. The van der Waals surface area contributed by atoms with Gasteiger partial charge in [0.2, 0.25) is 0 Å². The molecule has 1 fully saturated rings. The minimum absolute atomic E-state index is 0.168. The van der Waals surface area contributed by atoms with Crippen molar-refractivity contribution in [1.29, 1.82) is 0 Å². The lowest BCUT2D eigenvalue weighted by Crippen LogP contribution is -2.40. The molecule has 0 aromatic heterocycles. The first kappa shape index (κ1) is 12.0. The Balaban J connectivity index is 2.14. The fourth-order valence-corrected chi connectivity index (χ4v) is 2.22. The second kappa shape index (κ2) is 5.71. The van der Waals surface area contributed by atoms with E-state index < -0.39 is 0 Å². The molecule has 92 valence electrons. The van der Waals surface area contributed by atoms with E-state index in [0.29, 0.717) is 6.61 Å². The fourth-order valence-electron chi connectivity index (χ4n) is 2.22. The van der Waals surface area contributed by atoms with Crippen molar-refractivity contribution in [2.45, 2.75) is 32.2 Å². The Morgan fingerprint density at radius 1 is 1.35 bits per heavy atom. The van der Waals surface area contributed by atoms with Crippen molar-refractivity contribution >= 4 is 6.09 Å². The second-order valence-electron chi connectivity index (χ2n) is 4.38. The van der Waals surface area contributed by atoms with Gasteiger partial charge in [-0.1, -0.05) is 43.7 Å². The molecule has 1 aromatic rings. The number of hydrogen-bond acceptors (Lipinski definition) is 2. The third-order valence-electron chi connectivity index (χ3n) is 3.16. The van der Waals surface area contributed by atoms with Crippen LogP contribution in [0.1, 0.15) is 37.8 Å². The van der Waals surface area contributed by atoms with Crippen molar-refractivity contribution in [3.8, 4) is 0 Å². The summed E-state index contributed by atoms with van der Waals surface area (Å²) < 4.78 is 5.13. The normalized spacial score (nSPS) is 20.2. The van der Waals surface area contributed by atoms with Gasteiger partial charge >= 0.3 is 6.09 Å². The maximum absolute atomic E-state index is 11.8. The Labute approximate surface area is 102 Å². The van der Waals surface area contributed by atoms with E-state index in [-0.39, 0.29) is 12.1 Å². The fraction of sp³-hybridized carbons (Fsp3) is 0.500. The molecule has 1 amide bonds. The van der Waals surface area contributed by atoms with E-state index in [1.807, 2.05) is 23.1 Å². The molecule has 3 heteroatoms. The van der Waals surface area contributed by atoms with Crippen LogP contribution in [0.2, 0.25) is 0 Å². The van der Waals surface area contributed by atoms with E-state index in [2.05, 4.69) is 19.1 Å². The summed E-state index contributed by atoms with van der Waals surface area (Å²) in [6, 6.07) is 10.4. The van der Waals surface area contributed by atoms with E-state index in [9.17, 15) is 4.79 Å². The smallest absolute Gasteiger partial charge is 0.410 e. The number of rotatable bonds is 4. The van der Waals surface area contributed by atoms with Crippen molar-refractivity contribution < 1.29 is 9.53 Å². The predicted molar refractivity (Wildman–Crippen MR) is 66.8 cm³/mol. The van der Waals surface area contributed by atoms with Crippen LogP contribution < -0.4 is 0 Å². The quantitative estimate of drug-likeness (QED) is 0.798. The lowest BCUT2D eigenvalue weighted by Gasteiger charge is -2.35. The highest BCUT2D eigenvalue weighted by Gasteiger charge is 2.29. The summed E-state index contributed by atoms with van der Waals surface area (Å²) in [5, 5.41) is 0. The number of amides is 1. The van der Waals surface area contributed by atoms with E-state index in [4.69, 9.17) is 4.74 Å². The van der Waals surface area contributed by atoms with Gasteiger partial charge in [0.1, 0.15) is 0 Å². The Kier molecular flexibility index (Phi) is 4.02. The molecule has 0 spiro atoms. The van der Waals surface area contributed by atoms with E-state index >= 15 is 0 Å². The van der Waals surface area contributed by atoms with Crippen molar-refractivity contribution in [2.24, 2.45) is 0 Å². The summed E-state index contributed by atoms with van der Waals surface area (Å²) in [4.78, 5) is 13.7. The summed E-state index contributed by atoms with van der Waals surface area (Å²) in [7, 11) is 0. The first-order chi connectivity index (χ1) is 8.33. The van der Waals surface area contributed by atoms with Crippen LogP contribution in [0.25, 0.3) is 0 Å². The lowest BCUT2D eigenvalue weighted by molar-refractivity contribution is 0.0431. The third kappa shape index (κ3) is 2.78. The van der Waals surface area contributed by atoms with Gasteiger partial charge in [0.25, 0.3) is 0 Å². The van der Waals surface area contributed by atoms with Gasteiger partial charge in [-0.3, -0.25) is 0 Å². The third-order valence-corrected chi connectivity index (χ3v) is 3.16. The van der Waals surface area contributed by atoms with Crippen LogP contribution in [0.5, 0.6) is 0 Å². The zero-order valence-electron chi connectivity index (χ0n) is 10.3. The zero-order valence-corrected chi connectivity index (χ0v) is 10.3. The van der Waals surface area contributed by atoms with Crippen LogP contribution in [0, 0.1) is 0 Å². The van der Waals surface area contributed by atoms with Gasteiger partial charge in [-0.25, -0.2) is 4.79 Å². The minimum Gasteiger partial charge on any atom is -0.449 e. The first-order valence-corrected chi connectivity index (χ1v) is 6.31. The number of benzene rings is 1. The maximum atomic E-state index is 11.8. The van der Waals surface area contributed by atoms with Crippen LogP contribution in [-0.2, 0) is 4.74 Å². The van der Waals surface area contributed by atoms with Gasteiger partial charge in [0, 0.05) is 13.0 Å². The SMILES string of the molecule is CCCCN1C(=O)OCCC1c1ccccc1. The molecule has 0 radical (unpaired) electrons. The molecule has 0 N–H and O–H groups in total. The molecule has 1 unspecified atom stereocenters. The highest BCUT2D eigenvalue weighted by molar-refractivity contribution is 5.69. The zero-order chi connectivity index (χ0) is 12.1. The Bertz CT molecular complexity index is 364. The largest absolute Gasteiger partial charge is 0.449 e. The van der Waals surface area contributed by atoms with E-state index in [1.165, 1.54) is 5.56 Å².